The van der Waals surface area contributed by atoms with E-state index in [1.807, 2.05) is 18.2 Å². The summed E-state index contributed by atoms with van der Waals surface area (Å²) in [6.45, 7) is 6.53. The quantitative estimate of drug-likeness (QED) is 0.464. The number of rotatable bonds is 5. The van der Waals surface area contributed by atoms with E-state index in [0.29, 0.717) is 23.4 Å². The lowest BCUT2D eigenvalue weighted by molar-refractivity contribution is -0.138. The lowest BCUT2D eigenvalue weighted by Gasteiger charge is -2.06. The average Bonchev–Trinajstić information content (AvgIpc) is 2.36. The predicted molar refractivity (Wildman–Crippen MR) is 78.9 cm³/mol. The van der Waals surface area contributed by atoms with Gasteiger partial charge in [-0.15, -0.1) is 0 Å². The van der Waals surface area contributed by atoms with Crippen LogP contribution in [0.5, 0.6) is 0 Å². The minimum absolute atomic E-state index is 0.262. The molecule has 0 bridgehead atoms. The number of esters is 1. The number of hydrogen-bond acceptors (Lipinski definition) is 2. The summed E-state index contributed by atoms with van der Waals surface area (Å²) in [5.41, 5.74) is 2.94. The summed E-state index contributed by atoms with van der Waals surface area (Å²) in [4.78, 5) is 11.6. The number of carbonyl (C=O) groups excluding carboxylic acids is 1. The van der Waals surface area contributed by atoms with Crippen molar-refractivity contribution in [2.75, 3.05) is 11.9 Å². The first-order chi connectivity index (χ1) is 8.58. The lowest BCUT2D eigenvalue weighted by atomic mass is 10.0. The maximum Gasteiger partial charge on any atom is 0.334 e. The fourth-order valence-corrected chi connectivity index (χ4v) is 1.94. The van der Waals surface area contributed by atoms with Gasteiger partial charge in [-0.05, 0) is 30.0 Å². The van der Waals surface area contributed by atoms with Gasteiger partial charge in [-0.3, -0.25) is 0 Å². The third kappa shape index (κ3) is 4.30. The van der Waals surface area contributed by atoms with Crippen LogP contribution in [0, 0.1) is 0 Å². The normalized spacial score (nSPS) is 11.7. The van der Waals surface area contributed by atoms with Crippen LogP contribution in [0.25, 0.3) is 6.08 Å². The molecular formula is C15H19BrO2. The van der Waals surface area contributed by atoms with Crippen LogP contribution in [0.15, 0.2) is 29.8 Å². The third-order valence-electron chi connectivity index (χ3n) is 2.63. The van der Waals surface area contributed by atoms with E-state index in [1.165, 1.54) is 5.56 Å². The molecule has 0 heterocycles. The highest BCUT2D eigenvalue weighted by molar-refractivity contribution is 9.09. The summed E-state index contributed by atoms with van der Waals surface area (Å²) in [5, 5.41) is 0.498. The van der Waals surface area contributed by atoms with Crippen molar-refractivity contribution in [1.82, 2.24) is 0 Å². The molecule has 0 spiro atoms. The zero-order valence-corrected chi connectivity index (χ0v) is 12.7. The molecule has 3 heteroatoms. The molecule has 18 heavy (non-hydrogen) atoms. The standard InChI is InChI=1S/C15H19BrO2/c1-4-18-15(17)14(10-16)9-12-5-7-13(8-6-12)11(2)3/h5-9,11H,4,10H2,1-3H3/b14-9+. The van der Waals surface area contributed by atoms with E-state index in [0.717, 1.165) is 5.56 Å². The first-order valence-corrected chi connectivity index (χ1v) is 7.24. The average molecular weight is 311 g/mol. The molecule has 98 valence electrons. The van der Waals surface area contributed by atoms with Crippen molar-refractivity contribution in [3.63, 3.8) is 0 Å². The number of ether oxygens (including phenoxy) is 1. The highest BCUT2D eigenvalue weighted by Crippen LogP contribution is 2.17. The molecule has 1 rings (SSSR count). The van der Waals surface area contributed by atoms with Crippen LogP contribution < -0.4 is 0 Å². The third-order valence-corrected chi connectivity index (χ3v) is 3.23. The molecule has 0 unspecified atom stereocenters. The monoisotopic (exact) mass is 310 g/mol. The summed E-state index contributed by atoms with van der Waals surface area (Å²) in [6, 6.07) is 8.23. The molecule has 0 aliphatic heterocycles. The molecule has 1 aromatic rings. The van der Waals surface area contributed by atoms with Crippen LogP contribution in [0.4, 0.5) is 0 Å². The van der Waals surface area contributed by atoms with Crippen LogP contribution in [-0.4, -0.2) is 17.9 Å². The molecule has 0 aliphatic rings. The van der Waals surface area contributed by atoms with Gasteiger partial charge in [-0.25, -0.2) is 4.79 Å². The van der Waals surface area contributed by atoms with Crippen LogP contribution in [-0.2, 0) is 9.53 Å². The molecule has 0 saturated heterocycles. The Balaban J connectivity index is 2.88. The van der Waals surface area contributed by atoms with Gasteiger partial charge in [0.1, 0.15) is 0 Å². The van der Waals surface area contributed by atoms with Gasteiger partial charge in [0, 0.05) is 10.9 Å². The smallest absolute Gasteiger partial charge is 0.334 e. The second-order valence-electron chi connectivity index (χ2n) is 4.35. The van der Waals surface area contributed by atoms with E-state index in [-0.39, 0.29) is 5.97 Å². The second kappa shape index (κ2) is 7.37. The molecule has 0 aromatic heterocycles. The van der Waals surface area contributed by atoms with E-state index in [1.54, 1.807) is 6.92 Å². The number of alkyl halides is 1. The zero-order chi connectivity index (χ0) is 13.5. The van der Waals surface area contributed by atoms with Gasteiger partial charge in [0.15, 0.2) is 0 Å². The Morgan fingerprint density at radius 1 is 1.33 bits per heavy atom. The van der Waals surface area contributed by atoms with Gasteiger partial charge in [0.2, 0.25) is 0 Å². The fourth-order valence-electron chi connectivity index (χ4n) is 1.55. The summed E-state index contributed by atoms with van der Waals surface area (Å²) in [7, 11) is 0. The highest BCUT2D eigenvalue weighted by atomic mass is 79.9. The summed E-state index contributed by atoms with van der Waals surface area (Å²) >= 11 is 3.31. The fraction of sp³-hybridized carbons (Fsp3) is 0.400. The van der Waals surface area contributed by atoms with Crippen LogP contribution in [0.3, 0.4) is 0 Å². The predicted octanol–water partition coefficient (Wildman–Crippen LogP) is 4.15. The topological polar surface area (TPSA) is 26.3 Å². The molecule has 1 aromatic carbocycles. The van der Waals surface area contributed by atoms with Crippen molar-refractivity contribution in [2.45, 2.75) is 26.7 Å². The first-order valence-electron chi connectivity index (χ1n) is 6.12. The van der Waals surface area contributed by atoms with Crippen LogP contribution >= 0.6 is 15.9 Å². The van der Waals surface area contributed by atoms with Gasteiger partial charge in [-0.2, -0.15) is 0 Å². The summed E-state index contributed by atoms with van der Waals surface area (Å²) in [6.07, 6.45) is 1.86. The number of carbonyl (C=O) groups is 1. The Labute approximate surface area is 117 Å². The van der Waals surface area contributed by atoms with Crippen molar-refractivity contribution in [3.8, 4) is 0 Å². The minimum atomic E-state index is -0.262. The highest BCUT2D eigenvalue weighted by Gasteiger charge is 2.08. The summed E-state index contributed by atoms with van der Waals surface area (Å²) < 4.78 is 4.99. The molecule has 0 amide bonds. The van der Waals surface area contributed by atoms with Crippen LogP contribution in [0.2, 0.25) is 0 Å². The van der Waals surface area contributed by atoms with E-state index in [4.69, 9.17) is 4.74 Å². The molecule has 0 atom stereocenters. The molecule has 0 saturated carbocycles. The Kier molecular flexibility index (Phi) is 6.13. The largest absolute Gasteiger partial charge is 0.463 e. The number of benzene rings is 1. The second-order valence-corrected chi connectivity index (χ2v) is 4.91. The van der Waals surface area contributed by atoms with Crippen molar-refractivity contribution < 1.29 is 9.53 Å². The molecular weight excluding hydrogens is 292 g/mol. The molecule has 0 aliphatic carbocycles. The summed E-state index contributed by atoms with van der Waals surface area (Å²) in [5.74, 6) is 0.256. The van der Waals surface area contributed by atoms with Crippen molar-refractivity contribution in [1.29, 1.82) is 0 Å². The Bertz CT molecular complexity index is 419. The lowest BCUT2D eigenvalue weighted by Crippen LogP contribution is -2.08. The van der Waals surface area contributed by atoms with Crippen LogP contribution in [0.1, 0.15) is 37.8 Å². The van der Waals surface area contributed by atoms with Crippen molar-refractivity contribution in [3.05, 3.63) is 41.0 Å². The van der Waals surface area contributed by atoms with Gasteiger partial charge >= 0.3 is 5.97 Å². The Morgan fingerprint density at radius 3 is 2.39 bits per heavy atom. The molecule has 0 radical (unpaired) electrons. The minimum Gasteiger partial charge on any atom is -0.463 e. The molecule has 0 N–H and O–H groups in total. The van der Waals surface area contributed by atoms with Gasteiger partial charge in [-0.1, -0.05) is 54.0 Å². The van der Waals surface area contributed by atoms with E-state index >= 15 is 0 Å². The maximum absolute atomic E-state index is 11.6. The maximum atomic E-state index is 11.6. The first kappa shape index (κ1) is 15.0. The number of hydrogen-bond donors (Lipinski definition) is 0. The van der Waals surface area contributed by atoms with Gasteiger partial charge in [0.05, 0.1) is 6.61 Å². The van der Waals surface area contributed by atoms with E-state index in [2.05, 4.69) is 41.9 Å². The number of halogens is 1. The Morgan fingerprint density at radius 2 is 1.94 bits per heavy atom. The van der Waals surface area contributed by atoms with Crippen molar-refractivity contribution >= 4 is 28.0 Å². The molecule has 0 fully saturated rings. The zero-order valence-electron chi connectivity index (χ0n) is 11.1. The van der Waals surface area contributed by atoms with Gasteiger partial charge < -0.3 is 4.74 Å². The van der Waals surface area contributed by atoms with E-state index < -0.39 is 0 Å². The van der Waals surface area contributed by atoms with E-state index in [9.17, 15) is 4.79 Å². The molecule has 2 nitrogen and oxygen atoms in total. The Hall–Kier alpha value is -1.09. The SMILES string of the molecule is CCOC(=O)/C(=C/c1ccc(C(C)C)cc1)CBr. The van der Waals surface area contributed by atoms with Crippen molar-refractivity contribution in [2.24, 2.45) is 0 Å². The van der Waals surface area contributed by atoms with Gasteiger partial charge in [0.25, 0.3) is 0 Å².